The highest BCUT2D eigenvalue weighted by Crippen LogP contribution is 2.27. The SMILES string of the molecule is CC(C)N(C)C(CN)C1CCCCCC1. The first-order valence-electron chi connectivity index (χ1n) is 6.58. The summed E-state index contributed by atoms with van der Waals surface area (Å²) < 4.78 is 0. The highest BCUT2D eigenvalue weighted by Gasteiger charge is 2.25. The Morgan fingerprint density at radius 3 is 2.07 bits per heavy atom. The van der Waals surface area contributed by atoms with Crippen LogP contribution in [0.1, 0.15) is 52.4 Å². The molecule has 0 aromatic heterocycles. The fourth-order valence-corrected chi connectivity index (χ4v) is 2.77. The monoisotopic (exact) mass is 212 g/mol. The van der Waals surface area contributed by atoms with E-state index in [4.69, 9.17) is 5.73 Å². The molecular weight excluding hydrogens is 184 g/mol. The third-order valence-electron chi connectivity index (χ3n) is 4.02. The van der Waals surface area contributed by atoms with E-state index in [1.165, 1.54) is 38.5 Å². The topological polar surface area (TPSA) is 29.3 Å². The van der Waals surface area contributed by atoms with Crippen LogP contribution < -0.4 is 5.73 Å². The molecule has 15 heavy (non-hydrogen) atoms. The molecule has 90 valence electrons. The Balaban J connectivity index is 2.54. The Morgan fingerprint density at radius 2 is 1.67 bits per heavy atom. The van der Waals surface area contributed by atoms with Gasteiger partial charge in [-0.15, -0.1) is 0 Å². The maximum atomic E-state index is 5.95. The predicted molar refractivity (Wildman–Crippen MR) is 66.9 cm³/mol. The summed E-state index contributed by atoms with van der Waals surface area (Å²) in [5.74, 6) is 0.838. The Bertz CT molecular complexity index is 160. The minimum atomic E-state index is 0.600. The molecule has 2 heteroatoms. The third-order valence-corrected chi connectivity index (χ3v) is 4.02. The minimum absolute atomic E-state index is 0.600. The van der Waals surface area contributed by atoms with Gasteiger partial charge in [-0.3, -0.25) is 4.90 Å². The van der Waals surface area contributed by atoms with Crippen LogP contribution in [-0.2, 0) is 0 Å². The molecule has 0 spiro atoms. The van der Waals surface area contributed by atoms with Crippen LogP contribution in [0.25, 0.3) is 0 Å². The first-order chi connectivity index (χ1) is 7.16. The molecule has 1 aliphatic carbocycles. The normalized spacial score (nSPS) is 22.0. The number of nitrogens with two attached hydrogens (primary N) is 1. The van der Waals surface area contributed by atoms with Crippen molar-refractivity contribution < 1.29 is 0 Å². The second kappa shape index (κ2) is 6.49. The lowest BCUT2D eigenvalue weighted by Gasteiger charge is -2.36. The highest BCUT2D eigenvalue weighted by molar-refractivity contribution is 4.81. The van der Waals surface area contributed by atoms with E-state index in [1.807, 2.05) is 0 Å². The van der Waals surface area contributed by atoms with Gasteiger partial charge in [-0.2, -0.15) is 0 Å². The van der Waals surface area contributed by atoms with Crippen molar-refractivity contribution in [2.75, 3.05) is 13.6 Å². The maximum absolute atomic E-state index is 5.95. The number of rotatable bonds is 4. The minimum Gasteiger partial charge on any atom is -0.329 e. The van der Waals surface area contributed by atoms with Crippen LogP contribution in [-0.4, -0.2) is 30.6 Å². The van der Waals surface area contributed by atoms with E-state index in [9.17, 15) is 0 Å². The number of hydrogen-bond acceptors (Lipinski definition) is 2. The molecule has 1 atom stereocenters. The van der Waals surface area contributed by atoms with Gasteiger partial charge < -0.3 is 5.73 Å². The molecule has 0 saturated heterocycles. The smallest absolute Gasteiger partial charge is 0.0246 e. The summed E-state index contributed by atoms with van der Waals surface area (Å²) in [5.41, 5.74) is 5.95. The molecule has 0 aromatic carbocycles. The molecule has 0 aromatic rings. The van der Waals surface area contributed by atoms with E-state index >= 15 is 0 Å². The van der Waals surface area contributed by atoms with Gasteiger partial charge in [0.25, 0.3) is 0 Å². The van der Waals surface area contributed by atoms with Gasteiger partial charge in [0.05, 0.1) is 0 Å². The van der Waals surface area contributed by atoms with Crippen molar-refractivity contribution in [1.29, 1.82) is 0 Å². The molecule has 0 radical (unpaired) electrons. The molecular formula is C13H28N2. The second-order valence-corrected chi connectivity index (χ2v) is 5.31. The summed E-state index contributed by atoms with van der Waals surface area (Å²) in [4.78, 5) is 2.47. The van der Waals surface area contributed by atoms with Crippen molar-refractivity contribution in [3.8, 4) is 0 Å². The molecule has 0 aliphatic heterocycles. The highest BCUT2D eigenvalue weighted by atomic mass is 15.2. The number of nitrogens with zero attached hydrogens (tertiary/aromatic N) is 1. The van der Waals surface area contributed by atoms with Crippen molar-refractivity contribution in [3.05, 3.63) is 0 Å². The zero-order valence-corrected chi connectivity index (χ0v) is 10.7. The second-order valence-electron chi connectivity index (χ2n) is 5.31. The Morgan fingerprint density at radius 1 is 1.13 bits per heavy atom. The molecule has 1 unspecified atom stereocenters. The third kappa shape index (κ3) is 3.76. The summed E-state index contributed by atoms with van der Waals surface area (Å²) >= 11 is 0. The van der Waals surface area contributed by atoms with Gasteiger partial charge in [-0.1, -0.05) is 25.7 Å². The quantitative estimate of drug-likeness (QED) is 0.726. The van der Waals surface area contributed by atoms with Gasteiger partial charge in [0.15, 0.2) is 0 Å². The first kappa shape index (κ1) is 13.0. The van der Waals surface area contributed by atoms with Crippen molar-refractivity contribution >= 4 is 0 Å². The van der Waals surface area contributed by atoms with Crippen LogP contribution in [0.3, 0.4) is 0 Å². The molecule has 1 fully saturated rings. The van der Waals surface area contributed by atoms with E-state index in [0.717, 1.165) is 12.5 Å². The summed E-state index contributed by atoms with van der Waals surface area (Å²) in [5, 5.41) is 0. The van der Waals surface area contributed by atoms with E-state index < -0.39 is 0 Å². The maximum Gasteiger partial charge on any atom is 0.0246 e. The van der Waals surface area contributed by atoms with Crippen LogP contribution in [0.5, 0.6) is 0 Å². The zero-order valence-electron chi connectivity index (χ0n) is 10.7. The fraction of sp³-hybridized carbons (Fsp3) is 1.00. The summed E-state index contributed by atoms with van der Waals surface area (Å²) in [6.07, 6.45) is 8.45. The zero-order chi connectivity index (χ0) is 11.3. The van der Waals surface area contributed by atoms with Gasteiger partial charge in [0.2, 0.25) is 0 Å². The van der Waals surface area contributed by atoms with Crippen molar-refractivity contribution in [1.82, 2.24) is 4.90 Å². The van der Waals surface area contributed by atoms with E-state index in [-0.39, 0.29) is 0 Å². The summed E-state index contributed by atoms with van der Waals surface area (Å²) in [6.45, 7) is 5.35. The molecule has 2 N–H and O–H groups in total. The van der Waals surface area contributed by atoms with Gasteiger partial charge in [0, 0.05) is 18.6 Å². The van der Waals surface area contributed by atoms with Crippen LogP contribution in [0, 0.1) is 5.92 Å². The lowest BCUT2D eigenvalue weighted by molar-refractivity contribution is 0.134. The van der Waals surface area contributed by atoms with E-state index in [0.29, 0.717) is 12.1 Å². The Hall–Kier alpha value is -0.0800. The van der Waals surface area contributed by atoms with Gasteiger partial charge >= 0.3 is 0 Å². The molecule has 2 nitrogen and oxygen atoms in total. The lowest BCUT2D eigenvalue weighted by Crippen LogP contribution is -2.46. The van der Waals surface area contributed by atoms with Crippen LogP contribution in [0.2, 0.25) is 0 Å². The molecule has 0 heterocycles. The average Bonchev–Trinajstić information content (AvgIpc) is 2.47. The van der Waals surface area contributed by atoms with Crippen LogP contribution in [0.15, 0.2) is 0 Å². The average molecular weight is 212 g/mol. The molecule has 1 rings (SSSR count). The number of hydrogen-bond donors (Lipinski definition) is 1. The lowest BCUT2D eigenvalue weighted by atomic mass is 9.90. The first-order valence-corrected chi connectivity index (χ1v) is 6.58. The van der Waals surface area contributed by atoms with Crippen molar-refractivity contribution in [3.63, 3.8) is 0 Å². The molecule has 1 aliphatic rings. The molecule has 0 bridgehead atoms. The molecule has 0 amide bonds. The van der Waals surface area contributed by atoms with Gasteiger partial charge in [-0.25, -0.2) is 0 Å². The van der Waals surface area contributed by atoms with E-state index in [2.05, 4.69) is 25.8 Å². The van der Waals surface area contributed by atoms with Gasteiger partial charge in [-0.05, 0) is 39.7 Å². The standard InChI is InChI=1S/C13H28N2/c1-11(2)15(3)13(10-14)12-8-6-4-5-7-9-12/h11-13H,4-10,14H2,1-3H3. The van der Waals surface area contributed by atoms with Crippen LogP contribution in [0.4, 0.5) is 0 Å². The summed E-state index contributed by atoms with van der Waals surface area (Å²) in [6, 6.07) is 1.21. The van der Waals surface area contributed by atoms with Crippen molar-refractivity contribution in [2.24, 2.45) is 11.7 Å². The van der Waals surface area contributed by atoms with Crippen LogP contribution >= 0.6 is 0 Å². The van der Waals surface area contributed by atoms with E-state index in [1.54, 1.807) is 0 Å². The predicted octanol–water partition coefficient (Wildman–Crippen LogP) is 2.62. The summed E-state index contributed by atoms with van der Waals surface area (Å²) in [7, 11) is 2.23. The van der Waals surface area contributed by atoms with Crippen molar-refractivity contribution in [2.45, 2.75) is 64.5 Å². The van der Waals surface area contributed by atoms with Gasteiger partial charge in [0.1, 0.15) is 0 Å². The Kier molecular flexibility index (Phi) is 5.62. The largest absolute Gasteiger partial charge is 0.329 e. The number of likely N-dealkylation sites (N-methyl/N-ethyl adjacent to an activating group) is 1. The fourth-order valence-electron chi connectivity index (χ4n) is 2.77. The Labute approximate surface area is 95.2 Å². The molecule has 1 saturated carbocycles.